The zero-order valence-electron chi connectivity index (χ0n) is 11.8. The van der Waals surface area contributed by atoms with Crippen molar-refractivity contribution >= 4 is 25.6 Å². The molecule has 1 saturated carbocycles. The van der Waals surface area contributed by atoms with Crippen molar-refractivity contribution in [2.24, 2.45) is 5.41 Å². The molecular formula is C14H19ClN2O3S. The third-order valence-corrected chi connectivity index (χ3v) is 6.28. The lowest BCUT2D eigenvalue weighted by Gasteiger charge is -2.39. The summed E-state index contributed by atoms with van der Waals surface area (Å²) < 4.78 is 22.5. The summed E-state index contributed by atoms with van der Waals surface area (Å²) in [5.41, 5.74) is 0.744. The van der Waals surface area contributed by atoms with Gasteiger partial charge in [-0.25, -0.2) is 8.42 Å². The van der Waals surface area contributed by atoms with E-state index >= 15 is 0 Å². The molecule has 1 saturated heterocycles. The number of carbonyl (C=O) groups excluding carboxylic acids is 1. The number of aromatic nitrogens is 1. The van der Waals surface area contributed by atoms with Crippen LogP contribution in [0.15, 0.2) is 17.2 Å². The van der Waals surface area contributed by atoms with Crippen LogP contribution in [0, 0.1) is 5.41 Å². The van der Waals surface area contributed by atoms with Crippen LogP contribution in [0.4, 0.5) is 0 Å². The van der Waals surface area contributed by atoms with Crippen molar-refractivity contribution in [1.82, 2.24) is 9.88 Å². The van der Waals surface area contributed by atoms with Crippen molar-refractivity contribution < 1.29 is 13.2 Å². The lowest BCUT2D eigenvalue weighted by molar-refractivity contribution is 0.0582. The van der Waals surface area contributed by atoms with E-state index < -0.39 is 9.05 Å². The van der Waals surface area contributed by atoms with E-state index in [9.17, 15) is 13.2 Å². The first-order valence-corrected chi connectivity index (χ1v) is 9.63. The zero-order valence-corrected chi connectivity index (χ0v) is 13.3. The number of piperidine rings is 1. The monoisotopic (exact) mass is 330 g/mol. The Hall–Kier alpha value is -1.01. The fraction of sp³-hybridized carbons (Fsp3) is 0.643. The molecule has 0 bridgehead atoms. The lowest BCUT2D eigenvalue weighted by Crippen LogP contribution is -2.42. The third kappa shape index (κ3) is 2.97. The largest absolute Gasteiger partial charge is 0.356 e. The minimum Gasteiger partial charge on any atom is -0.356 e. The fourth-order valence-corrected chi connectivity index (χ4v) is 4.34. The maximum absolute atomic E-state index is 12.4. The van der Waals surface area contributed by atoms with Crippen molar-refractivity contribution in [3.8, 4) is 0 Å². The summed E-state index contributed by atoms with van der Waals surface area (Å²) in [4.78, 5) is 16.9. The fourth-order valence-electron chi connectivity index (χ4n) is 3.62. The number of hydrogen-bond donors (Lipinski definition) is 1. The van der Waals surface area contributed by atoms with Crippen molar-refractivity contribution in [2.75, 3.05) is 13.1 Å². The Morgan fingerprint density at radius 2 is 1.81 bits per heavy atom. The highest BCUT2D eigenvalue weighted by Crippen LogP contribution is 2.46. The quantitative estimate of drug-likeness (QED) is 0.848. The molecule has 116 valence electrons. The smallest absolute Gasteiger partial charge is 0.270 e. The van der Waals surface area contributed by atoms with Gasteiger partial charge in [0.15, 0.2) is 0 Å². The van der Waals surface area contributed by atoms with Gasteiger partial charge in [0, 0.05) is 30.0 Å². The molecule has 0 aromatic carbocycles. The van der Waals surface area contributed by atoms with E-state index in [1.807, 2.05) is 0 Å². The summed E-state index contributed by atoms with van der Waals surface area (Å²) in [6, 6.07) is 1.31. The van der Waals surface area contributed by atoms with Crippen molar-refractivity contribution in [3.63, 3.8) is 0 Å². The molecule has 1 aromatic rings. The highest BCUT2D eigenvalue weighted by atomic mass is 35.7. The Balaban J connectivity index is 1.68. The molecule has 2 fully saturated rings. The molecule has 7 heteroatoms. The van der Waals surface area contributed by atoms with E-state index in [0.29, 0.717) is 5.41 Å². The summed E-state index contributed by atoms with van der Waals surface area (Å²) in [5, 5.41) is 0. The highest BCUT2D eigenvalue weighted by Gasteiger charge is 2.38. The van der Waals surface area contributed by atoms with Gasteiger partial charge in [-0.1, -0.05) is 12.8 Å². The number of likely N-dealkylation sites (tertiary alicyclic amines) is 1. The first-order chi connectivity index (χ1) is 9.90. The molecule has 1 N–H and O–H groups in total. The minimum atomic E-state index is -3.79. The van der Waals surface area contributed by atoms with E-state index in [1.54, 1.807) is 4.90 Å². The third-order valence-electron chi connectivity index (χ3n) is 4.94. The maximum atomic E-state index is 12.4. The normalized spacial score (nSPS) is 21.9. The molecule has 3 rings (SSSR count). The minimum absolute atomic E-state index is 0.0585. The summed E-state index contributed by atoms with van der Waals surface area (Å²) in [6.45, 7) is 1.50. The summed E-state index contributed by atoms with van der Waals surface area (Å²) in [6.07, 6.45) is 8.56. The number of H-pyrrole nitrogens is 1. The van der Waals surface area contributed by atoms with E-state index in [-0.39, 0.29) is 16.5 Å². The number of halogens is 1. The van der Waals surface area contributed by atoms with Crippen LogP contribution in [-0.4, -0.2) is 37.3 Å². The maximum Gasteiger partial charge on any atom is 0.270 e. The van der Waals surface area contributed by atoms with Crippen molar-refractivity contribution in [2.45, 2.75) is 43.4 Å². The predicted molar refractivity (Wildman–Crippen MR) is 79.9 cm³/mol. The van der Waals surface area contributed by atoms with Crippen molar-refractivity contribution in [1.29, 1.82) is 0 Å². The number of amides is 1. The molecule has 21 heavy (non-hydrogen) atoms. The molecule has 0 atom stereocenters. The Morgan fingerprint density at radius 3 is 2.33 bits per heavy atom. The number of nitrogens with one attached hydrogen (secondary N) is 1. The van der Waals surface area contributed by atoms with Gasteiger partial charge in [0.1, 0.15) is 10.6 Å². The number of nitrogens with zero attached hydrogens (tertiary/aromatic N) is 1. The SMILES string of the molecule is O=C(c1cc(S(=O)(=O)Cl)c[nH]1)N1CCC2(CCCC2)CC1. The highest BCUT2D eigenvalue weighted by molar-refractivity contribution is 8.13. The van der Waals surface area contributed by atoms with E-state index in [4.69, 9.17) is 10.7 Å². The Kier molecular flexibility index (Phi) is 3.78. The molecule has 0 unspecified atom stereocenters. The molecule has 2 aliphatic rings. The first kappa shape index (κ1) is 14.9. The van der Waals surface area contributed by atoms with E-state index in [2.05, 4.69) is 4.98 Å². The lowest BCUT2D eigenvalue weighted by atomic mass is 9.77. The van der Waals surface area contributed by atoms with Crippen LogP contribution in [0.3, 0.4) is 0 Å². The summed E-state index contributed by atoms with van der Waals surface area (Å²) >= 11 is 0. The Morgan fingerprint density at radius 1 is 1.19 bits per heavy atom. The van der Waals surface area contributed by atoms with E-state index in [1.165, 1.54) is 37.9 Å². The second kappa shape index (κ2) is 5.32. The van der Waals surface area contributed by atoms with Gasteiger partial charge in [-0.15, -0.1) is 0 Å². The van der Waals surface area contributed by atoms with Crippen LogP contribution >= 0.6 is 10.7 Å². The Bertz CT molecular complexity index is 637. The topological polar surface area (TPSA) is 70.2 Å². The van der Waals surface area contributed by atoms with Gasteiger partial charge in [0.2, 0.25) is 0 Å². The van der Waals surface area contributed by atoms with Gasteiger partial charge in [-0.2, -0.15) is 0 Å². The molecule has 1 amide bonds. The number of rotatable bonds is 2. The molecule has 5 nitrogen and oxygen atoms in total. The van der Waals surface area contributed by atoms with Crippen LogP contribution in [0.5, 0.6) is 0 Å². The molecule has 1 aromatic heterocycles. The van der Waals surface area contributed by atoms with Gasteiger partial charge in [0.05, 0.1) is 0 Å². The average molecular weight is 331 g/mol. The zero-order chi connectivity index (χ0) is 15.1. The predicted octanol–water partition coefficient (Wildman–Crippen LogP) is 2.74. The standard InChI is InChI=1S/C14H19ClN2O3S/c15-21(19,20)11-9-12(16-10-11)13(18)17-7-5-14(6-8-17)3-1-2-4-14/h9-10,16H,1-8H2. The first-order valence-electron chi connectivity index (χ1n) is 7.32. The van der Waals surface area contributed by atoms with Gasteiger partial charge in [-0.05, 0) is 37.2 Å². The molecular weight excluding hydrogens is 312 g/mol. The average Bonchev–Trinajstić information content (AvgIpc) is 3.08. The number of hydrogen-bond acceptors (Lipinski definition) is 3. The van der Waals surface area contributed by atoms with Gasteiger partial charge in [0.25, 0.3) is 15.0 Å². The molecule has 1 aliphatic heterocycles. The van der Waals surface area contributed by atoms with Crippen LogP contribution in [0.1, 0.15) is 49.0 Å². The number of carbonyl (C=O) groups is 1. The molecule has 0 radical (unpaired) electrons. The van der Waals surface area contributed by atoms with Gasteiger partial charge >= 0.3 is 0 Å². The van der Waals surface area contributed by atoms with Crippen LogP contribution in [0.2, 0.25) is 0 Å². The van der Waals surface area contributed by atoms with Gasteiger partial charge < -0.3 is 9.88 Å². The Labute approximate surface area is 129 Å². The molecule has 2 heterocycles. The summed E-state index contributed by atoms with van der Waals surface area (Å²) in [5.74, 6) is -0.144. The molecule has 1 spiro atoms. The van der Waals surface area contributed by atoms with Gasteiger partial charge in [-0.3, -0.25) is 4.79 Å². The number of aromatic amines is 1. The van der Waals surface area contributed by atoms with Crippen LogP contribution in [0.25, 0.3) is 0 Å². The van der Waals surface area contributed by atoms with Crippen LogP contribution in [-0.2, 0) is 9.05 Å². The van der Waals surface area contributed by atoms with Crippen LogP contribution < -0.4 is 0 Å². The van der Waals surface area contributed by atoms with Crippen molar-refractivity contribution in [3.05, 3.63) is 18.0 Å². The second-order valence-electron chi connectivity index (χ2n) is 6.19. The molecule has 1 aliphatic carbocycles. The van der Waals surface area contributed by atoms with E-state index in [0.717, 1.165) is 25.9 Å². The summed E-state index contributed by atoms with van der Waals surface area (Å²) in [7, 11) is 1.48. The second-order valence-corrected chi connectivity index (χ2v) is 8.75.